The molecular weight excluding hydrogens is 583 g/mol. The van der Waals surface area contributed by atoms with Gasteiger partial charge in [0.15, 0.2) is 0 Å². The molecule has 7 nitrogen and oxygen atoms in total. The van der Waals surface area contributed by atoms with Crippen LogP contribution in [0.4, 0.5) is 11.6 Å². The molecule has 0 bridgehead atoms. The number of nitrogens with zero attached hydrogens (tertiary/aromatic N) is 3. The fraction of sp³-hybridized carbons (Fsp3) is 0.111. The summed E-state index contributed by atoms with van der Waals surface area (Å²) in [6, 6.07) is 21.7. The van der Waals surface area contributed by atoms with E-state index in [0.717, 1.165) is 35.4 Å². The summed E-state index contributed by atoms with van der Waals surface area (Å²) in [5.74, 6) is 0.854. The van der Waals surface area contributed by atoms with Crippen LogP contribution in [0.25, 0.3) is 21.3 Å². The quantitative estimate of drug-likeness (QED) is 0.195. The molecular formula is C27H23IN6OS. The molecule has 0 saturated carbocycles. The molecule has 0 fully saturated rings. The number of hydrogen-bond donors (Lipinski definition) is 3. The molecule has 5 aromatic rings. The van der Waals surface area contributed by atoms with E-state index in [1.54, 1.807) is 29.7 Å². The number of amides is 1. The van der Waals surface area contributed by atoms with Gasteiger partial charge >= 0.3 is 0 Å². The molecule has 0 aliphatic rings. The maximum Gasteiger partial charge on any atom is 0.255 e. The summed E-state index contributed by atoms with van der Waals surface area (Å²) in [5.41, 5.74) is 9.48. The third kappa shape index (κ3) is 5.31. The zero-order valence-electron chi connectivity index (χ0n) is 19.4. The Bertz CT molecular complexity index is 1550. The van der Waals surface area contributed by atoms with E-state index in [9.17, 15) is 4.79 Å². The number of pyridine rings is 1. The van der Waals surface area contributed by atoms with E-state index in [2.05, 4.69) is 66.4 Å². The Kier molecular flexibility index (Phi) is 7.10. The van der Waals surface area contributed by atoms with Gasteiger partial charge in [0.05, 0.1) is 23.7 Å². The van der Waals surface area contributed by atoms with Crippen molar-refractivity contribution in [2.45, 2.75) is 19.5 Å². The van der Waals surface area contributed by atoms with Gasteiger partial charge in [0, 0.05) is 24.9 Å². The molecule has 3 aromatic heterocycles. The molecule has 36 heavy (non-hydrogen) atoms. The Morgan fingerprint density at radius 3 is 2.81 bits per heavy atom. The van der Waals surface area contributed by atoms with Crippen LogP contribution < -0.4 is 16.4 Å². The van der Waals surface area contributed by atoms with Crippen LogP contribution in [0.3, 0.4) is 0 Å². The van der Waals surface area contributed by atoms with Gasteiger partial charge in [-0.25, -0.2) is 15.0 Å². The summed E-state index contributed by atoms with van der Waals surface area (Å²) in [6.07, 6.45) is 3.16. The number of nitrogen functional groups attached to an aromatic ring is 1. The number of thiophene rings is 1. The summed E-state index contributed by atoms with van der Waals surface area (Å²) < 4.78 is 1.13. The van der Waals surface area contributed by atoms with E-state index in [-0.39, 0.29) is 11.9 Å². The lowest BCUT2D eigenvalue weighted by molar-refractivity contribution is 0.0940. The smallest absolute Gasteiger partial charge is 0.255 e. The first-order valence-electron chi connectivity index (χ1n) is 11.3. The second-order valence-electron chi connectivity index (χ2n) is 8.26. The Morgan fingerprint density at radius 2 is 1.94 bits per heavy atom. The summed E-state index contributed by atoms with van der Waals surface area (Å²) in [7, 11) is 0. The van der Waals surface area contributed by atoms with Crippen molar-refractivity contribution in [1.29, 1.82) is 0 Å². The highest BCUT2D eigenvalue weighted by Crippen LogP contribution is 2.31. The highest BCUT2D eigenvalue weighted by atomic mass is 127. The van der Waals surface area contributed by atoms with Gasteiger partial charge in [0.25, 0.3) is 5.91 Å². The molecule has 1 atom stereocenters. The van der Waals surface area contributed by atoms with Crippen LogP contribution >= 0.6 is 33.9 Å². The fourth-order valence-corrected chi connectivity index (χ4v) is 5.40. The van der Waals surface area contributed by atoms with Crippen LogP contribution in [0, 0.1) is 3.57 Å². The van der Waals surface area contributed by atoms with Crippen LogP contribution in [0.5, 0.6) is 0 Å². The number of anilines is 2. The molecule has 0 spiro atoms. The Morgan fingerprint density at radius 1 is 1.06 bits per heavy atom. The van der Waals surface area contributed by atoms with Crippen molar-refractivity contribution < 1.29 is 4.79 Å². The molecule has 0 aliphatic heterocycles. The van der Waals surface area contributed by atoms with Gasteiger partial charge in [-0.1, -0.05) is 18.2 Å². The van der Waals surface area contributed by atoms with Gasteiger partial charge in [-0.3, -0.25) is 4.79 Å². The van der Waals surface area contributed by atoms with Crippen molar-refractivity contribution in [2.75, 3.05) is 11.1 Å². The first-order valence-corrected chi connectivity index (χ1v) is 13.2. The van der Waals surface area contributed by atoms with Gasteiger partial charge in [-0.15, -0.1) is 11.3 Å². The summed E-state index contributed by atoms with van der Waals surface area (Å²) >= 11 is 3.94. The van der Waals surface area contributed by atoms with Crippen LogP contribution in [0.1, 0.15) is 33.8 Å². The van der Waals surface area contributed by atoms with E-state index in [4.69, 9.17) is 5.73 Å². The number of hydrogen-bond acceptors (Lipinski definition) is 7. The molecule has 1 unspecified atom stereocenters. The second-order valence-corrected chi connectivity index (χ2v) is 10.7. The Hall–Kier alpha value is -3.57. The van der Waals surface area contributed by atoms with Gasteiger partial charge < -0.3 is 16.4 Å². The number of halogens is 1. The largest absolute Gasteiger partial charge is 0.383 e. The highest BCUT2D eigenvalue weighted by molar-refractivity contribution is 14.1. The third-order valence-corrected chi connectivity index (χ3v) is 7.60. The minimum Gasteiger partial charge on any atom is -0.383 e. The Labute approximate surface area is 226 Å². The van der Waals surface area contributed by atoms with Crippen molar-refractivity contribution in [1.82, 2.24) is 20.3 Å². The first-order chi connectivity index (χ1) is 17.5. The van der Waals surface area contributed by atoms with Gasteiger partial charge in [0.2, 0.25) is 0 Å². The molecule has 4 N–H and O–H groups in total. The number of carbonyl (C=O) groups excluding carboxylic acids is 1. The van der Waals surface area contributed by atoms with E-state index in [1.165, 1.54) is 6.33 Å². The van der Waals surface area contributed by atoms with E-state index >= 15 is 0 Å². The van der Waals surface area contributed by atoms with Crippen molar-refractivity contribution in [3.8, 4) is 10.4 Å². The normalized spacial score (nSPS) is 11.8. The zero-order valence-corrected chi connectivity index (χ0v) is 22.4. The zero-order chi connectivity index (χ0) is 25.1. The van der Waals surface area contributed by atoms with Gasteiger partial charge in [-0.2, -0.15) is 0 Å². The standard InChI is InChI=1S/C27H23IN6OS/c1-16(17-4-2-5-19(28)12-17)34-27(35)21-6-3-11-30-26(21)31-14-20-8-10-24(36-20)18-7-9-23-22(13-18)25(29)33-15-32-23/h2-13,15-16H,14H2,1H3,(H,30,31)(H,34,35)(H2,29,32,33). The van der Waals surface area contributed by atoms with Crippen molar-refractivity contribution in [2.24, 2.45) is 0 Å². The van der Waals surface area contributed by atoms with Crippen LogP contribution in [-0.4, -0.2) is 20.9 Å². The Balaban J connectivity index is 1.29. The summed E-state index contributed by atoms with van der Waals surface area (Å²) in [5, 5.41) is 7.26. The van der Waals surface area contributed by atoms with Crippen molar-refractivity contribution >= 4 is 62.4 Å². The second kappa shape index (κ2) is 10.6. The maximum absolute atomic E-state index is 13.1. The average Bonchev–Trinajstić information content (AvgIpc) is 3.37. The van der Waals surface area contributed by atoms with Crippen LogP contribution in [0.15, 0.2) is 79.3 Å². The molecule has 2 aromatic carbocycles. The lowest BCUT2D eigenvalue weighted by Crippen LogP contribution is -2.27. The number of rotatable bonds is 7. The lowest BCUT2D eigenvalue weighted by atomic mass is 10.1. The van der Waals surface area contributed by atoms with E-state index in [1.807, 2.05) is 43.3 Å². The van der Waals surface area contributed by atoms with Crippen LogP contribution in [-0.2, 0) is 6.54 Å². The highest BCUT2D eigenvalue weighted by Gasteiger charge is 2.16. The van der Waals surface area contributed by atoms with Crippen molar-refractivity contribution in [3.05, 3.63) is 98.8 Å². The average molecular weight is 606 g/mol. The predicted octanol–water partition coefficient (Wildman–Crippen LogP) is 6.04. The SMILES string of the molecule is CC(NC(=O)c1cccnc1NCc1ccc(-c2ccc3ncnc(N)c3c2)s1)c1cccc(I)c1. The molecule has 180 valence electrons. The predicted molar refractivity (Wildman–Crippen MR) is 154 cm³/mol. The molecule has 0 saturated heterocycles. The summed E-state index contributed by atoms with van der Waals surface area (Å²) in [4.78, 5) is 28.1. The van der Waals surface area contributed by atoms with Gasteiger partial charge in [-0.05, 0) is 89.2 Å². The molecule has 9 heteroatoms. The fourth-order valence-electron chi connectivity index (χ4n) is 3.89. The van der Waals surface area contributed by atoms with E-state index in [0.29, 0.717) is 23.7 Å². The minimum atomic E-state index is -0.167. The topological polar surface area (TPSA) is 106 Å². The number of benzene rings is 2. The van der Waals surface area contributed by atoms with Crippen molar-refractivity contribution in [3.63, 3.8) is 0 Å². The number of nitrogens with two attached hydrogens (primary N) is 1. The van der Waals surface area contributed by atoms with Crippen LogP contribution in [0.2, 0.25) is 0 Å². The molecule has 0 radical (unpaired) electrons. The molecule has 5 rings (SSSR count). The maximum atomic E-state index is 13.1. The molecule has 0 aliphatic carbocycles. The monoisotopic (exact) mass is 606 g/mol. The number of carbonyl (C=O) groups is 1. The number of nitrogens with one attached hydrogen (secondary N) is 2. The van der Waals surface area contributed by atoms with E-state index < -0.39 is 0 Å². The molecule has 3 heterocycles. The summed E-state index contributed by atoms with van der Waals surface area (Å²) in [6.45, 7) is 2.53. The first kappa shape index (κ1) is 24.1. The minimum absolute atomic E-state index is 0.124. The molecule has 1 amide bonds. The number of aromatic nitrogens is 3. The number of fused-ring (bicyclic) bond motifs is 1. The third-order valence-electron chi connectivity index (χ3n) is 5.79. The van der Waals surface area contributed by atoms with Gasteiger partial charge in [0.1, 0.15) is 18.0 Å². The lowest BCUT2D eigenvalue weighted by Gasteiger charge is -2.16.